The van der Waals surface area contributed by atoms with Crippen LogP contribution in [0, 0.1) is 0 Å². The van der Waals surface area contributed by atoms with Crippen molar-refractivity contribution in [3.05, 3.63) is 95.6 Å². The van der Waals surface area contributed by atoms with Gasteiger partial charge in [-0.15, -0.1) is 0 Å². The van der Waals surface area contributed by atoms with Gasteiger partial charge < -0.3 is 33.5 Å². The number of ether oxygens (including phenoxy) is 6. The molecule has 12 heteroatoms. The molecule has 0 spiro atoms. The minimum atomic E-state index is -1.21. The Balaban J connectivity index is 1.36. The predicted molar refractivity (Wildman–Crippen MR) is 165 cm³/mol. The van der Waals surface area contributed by atoms with Gasteiger partial charge in [-0.1, -0.05) is 54.6 Å². The molecule has 0 saturated carbocycles. The molecule has 3 aliphatic heterocycles. The first-order valence-electron chi connectivity index (χ1n) is 15.4. The molecule has 3 aromatic rings. The molecule has 0 bridgehead atoms. The number of hydrazine groups is 1. The van der Waals surface area contributed by atoms with Crippen LogP contribution in [0.15, 0.2) is 78.9 Å². The minimum Gasteiger partial charge on any atom is -0.497 e. The Hall–Kier alpha value is -4.04. The number of methoxy groups -OCH3 is 2. The van der Waals surface area contributed by atoms with Crippen LogP contribution in [0.1, 0.15) is 36.0 Å². The van der Waals surface area contributed by atoms with Crippen LogP contribution in [0.2, 0.25) is 0 Å². The third-order valence-electron chi connectivity index (χ3n) is 8.53. The summed E-state index contributed by atoms with van der Waals surface area (Å²) in [4.78, 5) is 24.7. The van der Waals surface area contributed by atoms with Crippen LogP contribution in [0.5, 0.6) is 11.5 Å². The van der Waals surface area contributed by atoms with E-state index in [4.69, 9.17) is 28.4 Å². The molecule has 3 saturated heterocycles. The number of nitrogens with one attached hydrogen (secondary N) is 2. The second kappa shape index (κ2) is 14.2. The summed E-state index contributed by atoms with van der Waals surface area (Å²) in [6, 6.07) is 24.3. The zero-order chi connectivity index (χ0) is 32.1. The fourth-order valence-electron chi connectivity index (χ4n) is 6.14. The number of amides is 3. The van der Waals surface area contributed by atoms with E-state index in [0.29, 0.717) is 24.5 Å². The summed E-state index contributed by atoms with van der Waals surface area (Å²) < 4.78 is 36.2. The average molecular weight is 634 g/mol. The maximum Gasteiger partial charge on any atom is 0.340 e. The molecule has 6 rings (SSSR count). The van der Waals surface area contributed by atoms with Crippen molar-refractivity contribution in [2.45, 2.75) is 55.7 Å². The lowest BCUT2D eigenvalue weighted by molar-refractivity contribution is -0.221. The Kier molecular flexibility index (Phi) is 9.83. The van der Waals surface area contributed by atoms with E-state index in [9.17, 15) is 14.7 Å². The van der Waals surface area contributed by atoms with Crippen LogP contribution in [0.25, 0.3) is 0 Å². The Morgan fingerprint density at radius 1 is 0.891 bits per heavy atom. The minimum absolute atomic E-state index is 0.0929. The summed E-state index contributed by atoms with van der Waals surface area (Å²) in [6.45, 7) is 0.303. The highest BCUT2D eigenvalue weighted by molar-refractivity contribution is 5.97. The zero-order valence-electron chi connectivity index (χ0n) is 25.8. The highest BCUT2D eigenvalue weighted by Gasteiger charge is 2.52. The molecule has 46 heavy (non-hydrogen) atoms. The van der Waals surface area contributed by atoms with Crippen LogP contribution < -0.4 is 20.2 Å². The summed E-state index contributed by atoms with van der Waals surface area (Å²) in [5.74, 6) is 0.904. The Morgan fingerprint density at radius 3 is 2.09 bits per heavy atom. The Morgan fingerprint density at radius 2 is 1.52 bits per heavy atom. The van der Waals surface area contributed by atoms with Crippen LogP contribution in [-0.4, -0.2) is 86.9 Å². The number of urea groups is 1. The SMILES string of the molecule is COc1ccc(C(OC[C@H]2O[C@@H](N3NCC(=O)NC3=O)[C@H](O[C@H]3CCCCO3)[C@@H]2O)(c2ccccc2)c2ccc(OC)cc2)cc1. The predicted octanol–water partition coefficient (Wildman–Crippen LogP) is 3.07. The first-order valence-corrected chi connectivity index (χ1v) is 15.4. The normalized spacial score (nSPS) is 25.3. The fourth-order valence-corrected chi connectivity index (χ4v) is 6.14. The molecule has 0 radical (unpaired) electrons. The third-order valence-corrected chi connectivity index (χ3v) is 8.53. The van der Waals surface area contributed by atoms with Crippen LogP contribution in [-0.2, 0) is 29.3 Å². The van der Waals surface area contributed by atoms with Crippen molar-refractivity contribution in [2.75, 3.05) is 34.0 Å². The van der Waals surface area contributed by atoms with E-state index < -0.39 is 48.4 Å². The number of carbonyl (C=O) groups is 2. The topological polar surface area (TPSA) is 137 Å². The zero-order valence-corrected chi connectivity index (χ0v) is 25.8. The van der Waals surface area contributed by atoms with Gasteiger partial charge in [-0.2, -0.15) is 0 Å². The lowest BCUT2D eigenvalue weighted by atomic mass is 9.80. The van der Waals surface area contributed by atoms with Crippen LogP contribution in [0.4, 0.5) is 4.79 Å². The van der Waals surface area contributed by atoms with Crippen molar-refractivity contribution in [3.8, 4) is 11.5 Å². The average Bonchev–Trinajstić information content (AvgIpc) is 3.40. The molecule has 12 nitrogen and oxygen atoms in total. The molecule has 0 unspecified atom stereocenters. The van der Waals surface area contributed by atoms with Crippen LogP contribution in [0.3, 0.4) is 0 Å². The Bertz CT molecular complexity index is 1420. The molecule has 244 valence electrons. The summed E-state index contributed by atoms with van der Waals surface area (Å²) in [5, 5.41) is 15.1. The lowest BCUT2D eigenvalue weighted by Gasteiger charge is -2.37. The van der Waals surface area contributed by atoms with E-state index in [0.717, 1.165) is 34.5 Å². The monoisotopic (exact) mass is 633 g/mol. The van der Waals surface area contributed by atoms with E-state index >= 15 is 0 Å². The molecule has 3 aromatic carbocycles. The first-order chi connectivity index (χ1) is 22.4. The summed E-state index contributed by atoms with van der Waals surface area (Å²) >= 11 is 0. The first kappa shape index (κ1) is 31.9. The van der Waals surface area contributed by atoms with E-state index in [1.165, 1.54) is 0 Å². The smallest absolute Gasteiger partial charge is 0.340 e. The van der Waals surface area contributed by atoms with Crippen molar-refractivity contribution in [2.24, 2.45) is 0 Å². The summed E-state index contributed by atoms with van der Waals surface area (Å²) in [6.07, 6.45) is -2.30. The van der Waals surface area contributed by atoms with Gasteiger partial charge in [-0.3, -0.25) is 10.1 Å². The maximum atomic E-state index is 12.9. The van der Waals surface area contributed by atoms with Gasteiger partial charge >= 0.3 is 6.03 Å². The lowest BCUT2D eigenvalue weighted by Crippen LogP contribution is -2.64. The van der Waals surface area contributed by atoms with Gasteiger partial charge in [0.05, 0.1) is 27.4 Å². The van der Waals surface area contributed by atoms with Gasteiger partial charge in [0, 0.05) is 6.61 Å². The van der Waals surface area contributed by atoms with E-state index in [-0.39, 0.29) is 13.2 Å². The van der Waals surface area contributed by atoms with Gasteiger partial charge in [0.2, 0.25) is 5.91 Å². The van der Waals surface area contributed by atoms with E-state index in [2.05, 4.69) is 10.7 Å². The van der Waals surface area contributed by atoms with Crippen molar-refractivity contribution in [1.82, 2.24) is 15.8 Å². The number of hydrogen-bond donors (Lipinski definition) is 3. The highest BCUT2D eigenvalue weighted by Crippen LogP contribution is 2.42. The summed E-state index contributed by atoms with van der Waals surface area (Å²) in [7, 11) is 3.22. The highest BCUT2D eigenvalue weighted by atomic mass is 16.7. The van der Waals surface area contributed by atoms with Crippen molar-refractivity contribution in [3.63, 3.8) is 0 Å². The van der Waals surface area contributed by atoms with Crippen molar-refractivity contribution < 1.29 is 43.1 Å². The van der Waals surface area contributed by atoms with Crippen LogP contribution >= 0.6 is 0 Å². The Labute approximate surface area is 267 Å². The molecule has 3 fully saturated rings. The molecular weight excluding hydrogens is 594 g/mol. The molecule has 5 atom stereocenters. The number of carbonyl (C=O) groups excluding carboxylic acids is 2. The molecule has 3 heterocycles. The molecule has 0 aliphatic carbocycles. The molecule has 0 aromatic heterocycles. The number of aliphatic hydroxyl groups is 1. The number of nitrogens with zero attached hydrogens (tertiary/aromatic N) is 1. The standard InChI is InChI=1S/C34H39N3O9/c1-41-25-15-11-23(12-16-25)34(22-8-4-3-5-9-22,24-13-17-26(42-2)18-14-24)44-21-27-30(39)31(46-29-10-6-7-19-43-29)32(45-27)37-33(40)36-28(38)20-35-37/h3-5,8-9,11-18,27,29-32,35,39H,6-7,10,19-21H2,1-2H3,(H,36,38,40)/t27-,29+,30-,31-,32-/m1/s1. The van der Waals surface area contributed by atoms with Crippen molar-refractivity contribution >= 4 is 11.9 Å². The molecule has 3 amide bonds. The molecule has 3 aliphatic rings. The van der Waals surface area contributed by atoms with Crippen molar-refractivity contribution in [1.29, 1.82) is 0 Å². The van der Waals surface area contributed by atoms with E-state index in [1.807, 2.05) is 78.9 Å². The quantitative estimate of drug-likeness (QED) is 0.270. The third kappa shape index (κ3) is 6.45. The number of benzene rings is 3. The number of aliphatic hydroxyl groups excluding tert-OH is 1. The van der Waals surface area contributed by atoms with Gasteiger partial charge in [-0.05, 0) is 60.2 Å². The molecule has 3 N–H and O–H groups in total. The van der Waals surface area contributed by atoms with Gasteiger partial charge in [-0.25, -0.2) is 15.2 Å². The van der Waals surface area contributed by atoms with Gasteiger partial charge in [0.15, 0.2) is 12.5 Å². The summed E-state index contributed by atoms with van der Waals surface area (Å²) in [5.41, 5.74) is 4.10. The maximum absolute atomic E-state index is 12.9. The second-order valence-corrected chi connectivity index (χ2v) is 11.3. The number of rotatable bonds is 11. The number of hydrogen-bond acceptors (Lipinski definition) is 10. The number of imide groups is 1. The van der Waals surface area contributed by atoms with Gasteiger partial charge in [0.25, 0.3) is 0 Å². The largest absolute Gasteiger partial charge is 0.497 e. The fraction of sp³-hybridized carbons (Fsp3) is 0.412. The van der Waals surface area contributed by atoms with Gasteiger partial charge in [0.1, 0.15) is 35.4 Å². The second-order valence-electron chi connectivity index (χ2n) is 11.3. The molecular formula is C34H39N3O9. The van der Waals surface area contributed by atoms with E-state index in [1.54, 1.807) is 14.2 Å².